The topological polar surface area (TPSA) is 28.1 Å². The first-order valence-electron chi connectivity index (χ1n) is 3.38. The van der Waals surface area contributed by atoms with E-state index >= 15 is 0 Å². The summed E-state index contributed by atoms with van der Waals surface area (Å²) in [6.45, 7) is 3.89. The van der Waals surface area contributed by atoms with Crippen molar-refractivity contribution in [1.82, 2.24) is 0 Å². The summed E-state index contributed by atoms with van der Waals surface area (Å²) < 4.78 is 1.80. The summed E-state index contributed by atoms with van der Waals surface area (Å²) in [6, 6.07) is 1.87. The van der Waals surface area contributed by atoms with Gasteiger partial charge in [-0.3, -0.25) is 0 Å². The van der Waals surface area contributed by atoms with Gasteiger partial charge in [0, 0.05) is 10.0 Å². The lowest BCUT2D eigenvalue weighted by Gasteiger charge is -1.99. The lowest BCUT2D eigenvalue weighted by molar-refractivity contribution is 1.30. The van der Waals surface area contributed by atoms with Crippen LogP contribution in [0.5, 0.6) is 0 Å². The lowest BCUT2D eigenvalue weighted by atomic mass is 10.1. The van der Waals surface area contributed by atoms with Crippen molar-refractivity contribution in [2.45, 2.75) is 13.8 Å². The summed E-state index contributed by atoms with van der Waals surface area (Å²) in [5.41, 5.74) is 2.65. The summed E-state index contributed by atoms with van der Waals surface area (Å²) in [5, 5.41) is 8.69. The Morgan fingerprint density at radius 3 is 2.25 bits per heavy atom. The van der Waals surface area contributed by atoms with Gasteiger partial charge in [-0.1, -0.05) is 15.9 Å². The highest BCUT2D eigenvalue weighted by Gasteiger charge is 2.19. The molecule has 2 nitrogen and oxygen atoms in total. The van der Waals surface area contributed by atoms with Gasteiger partial charge in [-0.05, 0) is 41.4 Å². The number of halogens is 2. The molecule has 62 valence electrons. The number of rotatable bonds is 0. The molecule has 1 aromatic carbocycles. The highest BCUT2D eigenvalue weighted by molar-refractivity contribution is 9.11. The van der Waals surface area contributed by atoms with E-state index in [0.717, 1.165) is 20.1 Å². The number of hydrogen-bond acceptors (Lipinski definition) is 1. The van der Waals surface area contributed by atoms with Crippen LogP contribution in [0.3, 0.4) is 0 Å². The molecule has 0 aliphatic carbocycles. The quantitative estimate of drug-likeness (QED) is 0.654. The molecule has 0 aliphatic heterocycles. The third-order valence-corrected chi connectivity index (χ3v) is 3.28. The van der Waals surface area contributed by atoms with Crippen molar-refractivity contribution in [2.75, 3.05) is 0 Å². The van der Waals surface area contributed by atoms with Crippen LogP contribution in [-0.2, 0) is 0 Å². The normalized spacial score (nSPS) is 9.58. The molecule has 0 fully saturated rings. The molecule has 0 N–H and O–H groups in total. The van der Waals surface area contributed by atoms with Gasteiger partial charge in [0.2, 0.25) is 5.39 Å². The first-order valence-corrected chi connectivity index (χ1v) is 4.96. The minimum atomic E-state index is 0.593. The molecule has 0 radical (unpaired) electrons. The molecule has 1 rings (SSSR count). The van der Waals surface area contributed by atoms with E-state index in [1.807, 2.05) is 19.9 Å². The summed E-state index contributed by atoms with van der Waals surface area (Å²) in [7, 11) is 0. The molecule has 4 heteroatoms. The van der Waals surface area contributed by atoms with Crippen LogP contribution >= 0.6 is 31.9 Å². The van der Waals surface area contributed by atoms with Crippen molar-refractivity contribution >= 4 is 37.5 Å². The Kier molecular flexibility index (Phi) is 2.86. The number of nitrogens with zero attached hydrogens (tertiary/aromatic N) is 2. The second-order valence-corrected chi connectivity index (χ2v) is 4.25. The number of diazo groups is 1. The molecule has 0 aliphatic rings. The highest BCUT2D eigenvalue weighted by atomic mass is 79.9. The van der Waals surface area contributed by atoms with E-state index in [0.29, 0.717) is 5.69 Å². The van der Waals surface area contributed by atoms with Gasteiger partial charge in [-0.25, -0.2) is 0 Å². The zero-order valence-corrected chi connectivity index (χ0v) is 9.90. The average Bonchev–Trinajstić information content (AvgIpc) is 2.01. The third-order valence-electron chi connectivity index (χ3n) is 1.86. The van der Waals surface area contributed by atoms with E-state index in [9.17, 15) is 0 Å². The fourth-order valence-electron chi connectivity index (χ4n) is 0.946. The first-order chi connectivity index (χ1) is 5.57. The van der Waals surface area contributed by atoms with Crippen LogP contribution in [-0.4, -0.2) is 0 Å². The van der Waals surface area contributed by atoms with Crippen LogP contribution < -0.4 is 0 Å². The molecule has 0 atom stereocenters. The standard InChI is InChI=1S/C8H7Br2N2/c1-4-5(2)8(12-11)7(10)3-6(4)9/h3H,1-2H3/q+1. The molecule has 0 amide bonds. The number of hydrogen-bond donors (Lipinski definition) is 0. The molecule has 0 spiro atoms. The fraction of sp³-hybridized carbons (Fsp3) is 0.250. The van der Waals surface area contributed by atoms with Gasteiger partial charge in [0.15, 0.2) is 4.98 Å². The fourth-order valence-corrected chi connectivity index (χ4v) is 2.39. The van der Waals surface area contributed by atoms with Crippen molar-refractivity contribution in [3.05, 3.63) is 31.1 Å². The maximum absolute atomic E-state index is 8.69. The molecular formula is C8H7Br2N2+. The van der Waals surface area contributed by atoms with Crippen molar-refractivity contribution < 1.29 is 0 Å². The monoisotopic (exact) mass is 289 g/mol. The largest absolute Gasteiger partial charge is 0.402 e. The van der Waals surface area contributed by atoms with Gasteiger partial charge in [-0.15, -0.1) is 0 Å². The van der Waals surface area contributed by atoms with Gasteiger partial charge >= 0.3 is 5.69 Å². The summed E-state index contributed by atoms with van der Waals surface area (Å²) in [4.78, 5) is 3.20. The number of benzene rings is 1. The minimum Gasteiger partial charge on any atom is -0.0505 e. The SMILES string of the molecule is Cc1c(Br)cc(Br)c([N+]#N)c1C. The molecule has 0 heterocycles. The molecular weight excluding hydrogens is 284 g/mol. The predicted molar refractivity (Wildman–Crippen MR) is 56.1 cm³/mol. The summed E-state index contributed by atoms with van der Waals surface area (Å²) >= 11 is 6.72. The second-order valence-electron chi connectivity index (χ2n) is 2.54. The smallest absolute Gasteiger partial charge is 0.0505 e. The Morgan fingerprint density at radius 1 is 1.17 bits per heavy atom. The van der Waals surface area contributed by atoms with E-state index in [-0.39, 0.29) is 0 Å². The lowest BCUT2D eigenvalue weighted by Crippen LogP contribution is -1.83. The summed E-state index contributed by atoms with van der Waals surface area (Å²) in [6.07, 6.45) is 0. The Labute approximate surface area is 87.9 Å². The van der Waals surface area contributed by atoms with Crippen LogP contribution in [0.4, 0.5) is 5.69 Å². The maximum atomic E-state index is 8.69. The van der Waals surface area contributed by atoms with Gasteiger partial charge in [0.25, 0.3) is 0 Å². The minimum absolute atomic E-state index is 0.593. The first kappa shape index (κ1) is 9.69. The van der Waals surface area contributed by atoms with Crippen molar-refractivity contribution in [1.29, 1.82) is 5.39 Å². The van der Waals surface area contributed by atoms with Crippen molar-refractivity contribution in [3.63, 3.8) is 0 Å². The van der Waals surface area contributed by atoms with Gasteiger partial charge in [0.1, 0.15) is 4.47 Å². The van der Waals surface area contributed by atoms with Crippen molar-refractivity contribution in [2.24, 2.45) is 0 Å². The Balaban J connectivity index is 3.54. The molecule has 1 aromatic rings. The highest BCUT2D eigenvalue weighted by Crippen LogP contribution is 2.35. The van der Waals surface area contributed by atoms with Crippen LogP contribution in [0.15, 0.2) is 15.0 Å². The van der Waals surface area contributed by atoms with Gasteiger partial charge in [0.05, 0.1) is 0 Å². The van der Waals surface area contributed by atoms with Gasteiger partial charge in [-0.2, -0.15) is 0 Å². The van der Waals surface area contributed by atoms with Crippen LogP contribution in [0.25, 0.3) is 4.98 Å². The molecule has 0 saturated carbocycles. The summed E-state index contributed by atoms with van der Waals surface area (Å²) in [5.74, 6) is 0. The molecule has 0 bridgehead atoms. The Bertz CT molecular complexity index is 366. The average molecular weight is 291 g/mol. The molecule has 12 heavy (non-hydrogen) atoms. The van der Waals surface area contributed by atoms with E-state index in [1.165, 1.54) is 0 Å². The Hall–Kier alpha value is -0.400. The van der Waals surface area contributed by atoms with Crippen LogP contribution in [0, 0.1) is 19.2 Å². The van der Waals surface area contributed by atoms with E-state index in [1.54, 1.807) is 0 Å². The zero-order valence-electron chi connectivity index (χ0n) is 6.73. The van der Waals surface area contributed by atoms with E-state index < -0.39 is 0 Å². The second kappa shape index (κ2) is 3.55. The third kappa shape index (κ3) is 1.52. The van der Waals surface area contributed by atoms with Crippen LogP contribution in [0.2, 0.25) is 0 Å². The zero-order chi connectivity index (χ0) is 9.30. The molecule has 0 aromatic heterocycles. The molecule has 0 unspecified atom stereocenters. The molecule has 0 saturated heterocycles. The maximum Gasteiger partial charge on any atom is 0.402 e. The predicted octanol–water partition coefficient (Wildman–Crippen LogP) is 4.31. The Morgan fingerprint density at radius 2 is 1.75 bits per heavy atom. The van der Waals surface area contributed by atoms with Gasteiger partial charge < -0.3 is 0 Å². The van der Waals surface area contributed by atoms with E-state index in [4.69, 9.17) is 5.39 Å². The van der Waals surface area contributed by atoms with Crippen LogP contribution in [0.1, 0.15) is 11.1 Å². The van der Waals surface area contributed by atoms with Crippen molar-refractivity contribution in [3.8, 4) is 0 Å². The van der Waals surface area contributed by atoms with E-state index in [2.05, 4.69) is 36.8 Å².